The van der Waals surface area contributed by atoms with Gasteiger partial charge in [0.1, 0.15) is 24.0 Å². The molecule has 1 atom stereocenters. The Labute approximate surface area is 355 Å². The summed E-state index contributed by atoms with van der Waals surface area (Å²) in [5, 5.41) is 16.9. The molecule has 1 unspecified atom stereocenters. The average Bonchev–Trinajstić information content (AvgIpc) is 3.98. The number of halogens is 2. The Morgan fingerprint density at radius 1 is 1.02 bits per heavy atom. The molecule has 19 heteroatoms. The molecule has 4 aliphatic rings. The van der Waals surface area contributed by atoms with Crippen molar-refractivity contribution >= 4 is 45.9 Å². The molecule has 9 rings (SSSR count). The highest BCUT2D eigenvalue weighted by Gasteiger charge is 2.32. The van der Waals surface area contributed by atoms with E-state index >= 15 is 0 Å². The van der Waals surface area contributed by atoms with E-state index in [1.54, 1.807) is 24.0 Å². The fourth-order valence-electron chi connectivity index (χ4n) is 9.40. The molecule has 7 heterocycles. The van der Waals surface area contributed by atoms with E-state index < -0.39 is 30.0 Å². The number of benzene rings is 1. The summed E-state index contributed by atoms with van der Waals surface area (Å²) in [5.74, 6) is 6.12. The number of piperazine rings is 1. The number of aromatic nitrogens is 7. The van der Waals surface area contributed by atoms with Gasteiger partial charge in [0.15, 0.2) is 11.3 Å². The normalized spacial score (nSPS) is 21.7. The summed E-state index contributed by atoms with van der Waals surface area (Å²) >= 11 is 0. The van der Waals surface area contributed by atoms with Crippen LogP contribution in [0.15, 0.2) is 47.7 Å². The summed E-state index contributed by atoms with van der Waals surface area (Å²) in [6.07, 6.45) is 7.62. The number of fused-ring (bicyclic) bond motifs is 2. The minimum absolute atomic E-state index is 0.00755. The molecule has 3 N–H and O–H groups in total. The number of likely N-dealkylation sites (tertiary alicyclic amines) is 1. The molecule has 1 saturated carbocycles. The molecule has 5 aromatic rings. The first kappa shape index (κ1) is 41.4. The van der Waals surface area contributed by atoms with Gasteiger partial charge in [-0.2, -0.15) is 10.2 Å². The van der Waals surface area contributed by atoms with Crippen molar-refractivity contribution in [1.82, 2.24) is 49.0 Å². The van der Waals surface area contributed by atoms with Crippen LogP contribution in [0.3, 0.4) is 0 Å². The Kier molecular flexibility index (Phi) is 11.9. The van der Waals surface area contributed by atoms with Gasteiger partial charge < -0.3 is 25.2 Å². The zero-order chi connectivity index (χ0) is 42.9. The monoisotopic (exact) mass is 852 g/mol. The van der Waals surface area contributed by atoms with E-state index in [0.29, 0.717) is 28.2 Å². The highest BCUT2D eigenvalue weighted by molar-refractivity contribution is 6.08. The van der Waals surface area contributed by atoms with Gasteiger partial charge in [0, 0.05) is 71.7 Å². The molecule has 0 spiro atoms. The standard InChI is InChI=1S/C43H50F2N12O5/c1-52-38-28(4-2-6-33(38)57(43(52)61)34-11-12-36(58)50-42(34)60)5-3-23-62-30-13-18-53(19-14-30)25-27-7-9-29(10-8-27)56-26-32(37(51-56)39(44)45)48-41(59)31-24-47-55-20-15-35(49-40(31)55)54-21-16-46-17-22-54/h2,4,6,15,20,24,26-27,29-30,34,39,46H,7-14,16-19,21-23,25H2,1H3,(H,48,59)(H,50,58,60). The molecule has 0 bridgehead atoms. The number of nitrogens with zero attached hydrogens (tertiary/aromatic N) is 9. The Bertz CT molecular complexity index is 2600. The van der Waals surface area contributed by atoms with Crippen LogP contribution in [-0.2, 0) is 21.4 Å². The van der Waals surface area contributed by atoms with Crippen molar-refractivity contribution in [3.63, 3.8) is 0 Å². The number of piperidine rings is 2. The van der Waals surface area contributed by atoms with E-state index in [2.05, 4.69) is 47.8 Å². The molecule has 1 aromatic carbocycles. The molecular formula is C43H50F2N12O5. The summed E-state index contributed by atoms with van der Waals surface area (Å²) in [6, 6.07) is 6.49. The molecule has 1 aliphatic carbocycles. The molecular weight excluding hydrogens is 803 g/mol. The second-order valence-electron chi connectivity index (χ2n) is 16.7. The number of rotatable bonds is 10. The number of imidazole rings is 1. The molecule has 3 aliphatic heterocycles. The van der Waals surface area contributed by atoms with Crippen molar-refractivity contribution in [2.45, 2.75) is 76.0 Å². The van der Waals surface area contributed by atoms with Crippen LogP contribution in [0.25, 0.3) is 16.7 Å². The van der Waals surface area contributed by atoms with E-state index in [1.807, 2.05) is 18.2 Å². The average molecular weight is 853 g/mol. The molecule has 3 saturated heterocycles. The van der Waals surface area contributed by atoms with E-state index in [4.69, 9.17) is 9.72 Å². The Hall–Kier alpha value is -5.97. The van der Waals surface area contributed by atoms with Crippen LogP contribution >= 0.6 is 0 Å². The Morgan fingerprint density at radius 3 is 2.56 bits per heavy atom. The van der Waals surface area contributed by atoms with Crippen molar-refractivity contribution < 1.29 is 27.9 Å². The first-order chi connectivity index (χ1) is 30.1. The van der Waals surface area contributed by atoms with Crippen LogP contribution < -0.4 is 26.5 Å². The second-order valence-corrected chi connectivity index (χ2v) is 16.7. The summed E-state index contributed by atoms with van der Waals surface area (Å²) in [4.78, 5) is 60.3. The van der Waals surface area contributed by atoms with Gasteiger partial charge in [0.25, 0.3) is 12.3 Å². The maximum absolute atomic E-state index is 14.3. The number of aryl methyl sites for hydroxylation is 1. The van der Waals surface area contributed by atoms with Crippen molar-refractivity contribution in [2.75, 3.05) is 62.6 Å². The fraction of sp³-hybridized carbons (Fsp3) is 0.512. The third kappa shape index (κ3) is 8.46. The number of anilines is 2. The van der Waals surface area contributed by atoms with Crippen molar-refractivity contribution in [3.8, 4) is 11.8 Å². The molecule has 17 nitrogen and oxygen atoms in total. The van der Waals surface area contributed by atoms with Crippen molar-refractivity contribution in [3.05, 3.63) is 70.2 Å². The number of imide groups is 1. The number of alkyl halides is 2. The highest BCUT2D eigenvalue weighted by atomic mass is 19.3. The molecule has 62 heavy (non-hydrogen) atoms. The van der Waals surface area contributed by atoms with Crippen LogP contribution in [-0.4, -0.2) is 115 Å². The summed E-state index contributed by atoms with van der Waals surface area (Å²) < 4.78 is 40.7. The lowest BCUT2D eigenvalue weighted by molar-refractivity contribution is -0.135. The van der Waals surface area contributed by atoms with Gasteiger partial charge in [0.2, 0.25) is 11.8 Å². The summed E-state index contributed by atoms with van der Waals surface area (Å²) in [7, 11) is 1.66. The summed E-state index contributed by atoms with van der Waals surface area (Å²) in [5.41, 5.74) is 1.64. The number of carbonyl (C=O) groups excluding carboxylic acids is 3. The lowest BCUT2D eigenvalue weighted by atomic mass is 9.85. The van der Waals surface area contributed by atoms with E-state index in [0.717, 1.165) is 90.2 Å². The van der Waals surface area contributed by atoms with Crippen molar-refractivity contribution in [1.29, 1.82) is 0 Å². The lowest BCUT2D eigenvalue weighted by Crippen LogP contribution is -2.44. The Morgan fingerprint density at radius 2 is 1.81 bits per heavy atom. The van der Waals surface area contributed by atoms with Crippen LogP contribution in [0.2, 0.25) is 0 Å². The molecule has 4 aromatic heterocycles. The summed E-state index contributed by atoms with van der Waals surface area (Å²) in [6.45, 7) is 6.26. The molecule has 4 fully saturated rings. The number of hydrogen-bond donors (Lipinski definition) is 3. The first-order valence-electron chi connectivity index (χ1n) is 21.5. The van der Waals surface area contributed by atoms with Crippen LogP contribution in [0, 0.1) is 17.8 Å². The van der Waals surface area contributed by atoms with Gasteiger partial charge in [-0.15, -0.1) is 0 Å². The smallest absolute Gasteiger partial charge is 0.329 e. The first-order valence-corrected chi connectivity index (χ1v) is 21.5. The quantitative estimate of drug-likeness (QED) is 0.139. The van der Waals surface area contributed by atoms with E-state index in [-0.39, 0.29) is 54.4 Å². The minimum Gasteiger partial charge on any atom is -0.365 e. The highest BCUT2D eigenvalue weighted by Crippen LogP contribution is 2.36. The predicted octanol–water partition coefficient (Wildman–Crippen LogP) is 3.42. The van der Waals surface area contributed by atoms with Gasteiger partial charge in [-0.1, -0.05) is 17.9 Å². The number of nitrogens with one attached hydrogen (secondary N) is 3. The number of hydrogen-bond acceptors (Lipinski definition) is 11. The third-order valence-corrected chi connectivity index (χ3v) is 12.7. The third-order valence-electron chi connectivity index (χ3n) is 12.7. The second kappa shape index (κ2) is 17.8. The number of amides is 3. The van der Waals surface area contributed by atoms with Gasteiger partial charge >= 0.3 is 5.69 Å². The largest absolute Gasteiger partial charge is 0.365 e. The van der Waals surface area contributed by atoms with Gasteiger partial charge in [-0.25, -0.2) is 23.1 Å². The van der Waals surface area contributed by atoms with Crippen molar-refractivity contribution in [2.24, 2.45) is 13.0 Å². The van der Waals surface area contributed by atoms with Crippen LogP contribution in [0.4, 0.5) is 20.3 Å². The van der Waals surface area contributed by atoms with Crippen LogP contribution in [0.5, 0.6) is 0 Å². The fourth-order valence-corrected chi connectivity index (χ4v) is 9.40. The maximum atomic E-state index is 14.3. The van der Waals surface area contributed by atoms with E-state index in [9.17, 15) is 28.0 Å². The Balaban J connectivity index is 0.748. The lowest BCUT2D eigenvalue weighted by Gasteiger charge is -2.36. The van der Waals surface area contributed by atoms with Gasteiger partial charge in [0.05, 0.1) is 40.6 Å². The van der Waals surface area contributed by atoms with Gasteiger partial charge in [-0.05, 0) is 69.1 Å². The topological polar surface area (TPSA) is 178 Å². The molecule has 0 radical (unpaired) electrons. The zero-order valence-corrected chi connectivity index (χ0v) is 34.6. The maximum Gasteiger partial charge on any atom is 0.329 e. The SMILES string of the molecule is Cn1c(=O)n(C2CCC(=O)NC2=O)c2cccc(C#CCOC3CCN(CC4CCC(n5cc(NC(=O)c6cnn7ccc(N8CCNCC8)nc67)c(C(F)F)n5)CC4)CC3)c21. The number of carbonyl (C=O) groups is 3. The van der Waals surface area contributed by atoms with Crippen LogP contribution in [0.1, 0.15) is 91.5 Å². The minimum atomic E-state index is -2.86. The van der Waals surface area contributed by atoms with E-state index in [1.165, 1.54) is 26.0 Å². The molecule has 326 valence electrons. The predicted molar refractivity (Wildman–Crippen MR) is 225 cm³/mol. The van der Waals surface area contributed by atoms with Gasteiger partial charge in [-0.3, -0.25) is 33.5 Å². The zero-order valence-electron chi connectivity index (χ0n) is 34.6. The number of ether oxygens (including phenoxy) is 1. The number of para-hydroxylation sites is 1. The molecule has 3 amide bonds.